The summed E-state index contributed by atoms with van der Waals surface area (Å²) in [5, 5.41) is 15.1. The molecule has 1 heterocycles. The Morgan fingerprint density at radius 1 is 1.11 bits per heavy atom. The van der Waals surface area contributed by atoms with E-state index in [9.17, 15) is 40.6 Å². The van der Waals surface area contributed by atoms with Crippen LogP contribution in [0.2, 0.25) is 0 Å². The van der Waals surface area contributed by atoms with Crippen molar-refractivity contribution in [3.05, 3.63) is 94.1 Å². The number of hydrazone groups is 1. The molecule has 0 saturated carbocycles. The van der Waals surface area contributed by atoms with E-state index in [-0.39, 0.29) is 23.8 Å². The molecule has 0 aromatic heterocycles. The number of hydrogen-bond acceptors (Lipinski definition) is 3. The Balaban J connectivity index is 2.77. The molecule has 11 heteroatoms. The molecule has 1 aliphatic rings. The molecule has 0 fully saturated rings. The number of nitrogens with zero attached hydrogens (tertiary/aromatic N) is 2. The highest BCUT2D eigenvalue weighted by molar-refractivity contribution is 6.02. The summed E-state index contributed by atoms with van der Waals surface area (Å²) < 4.78 is 94.6. The van der Waals surface area contributed by atoms with E-state index in [0.29, 0.717) is 18.6 Å². The average Bonchev–Trinajstić information content (AvgIpc) is 3.01. The molecular formula is C27H27F7N2O2. The van der Waals surface area contributed by atoms with Crippen molar-refractivity contribution in [1.29, 1.82) is 0 Å². The second kappa shape index (κ2) is 12.3. The molecule has 1 aromatic rings. The van der Waals surface area contributed by atoms with Crippen LogP contribution < -0.4 is 0 Å². The summed E-state index contributed by atoms with van der Waals surface area (Å²) in [6.07, 6.45) is -1.80. The Morgan fingerprint density at radius 3 is 2.16 bits per heavy atom. The summed E-state index contributed by atoms with van der Waals surface area (Å²) in [6, 6.07) is 1.19. The molecule has 0 radical (unpaired) electrons. The van der Waals surface area contributed by atoms with Gasteiger partial charge in [-0.05, 0) is 62.1 Å². The van der Waals surface area contributed by atoms with Gasteiger partial charge in [0, 0.05) is 18.3 Å². The lowest BCUT2D eigenvalue weighted by Gasteiger charge is -2.19. The first kappa shape index (κ1) is 30.6. The molecule has 0 bridgehead atoms. The maximum atomic E-state index is 14.1. The first-order chi connectivity index (χ1) is 17.6. The zero-order chi connectivity index (χ0) is 28.8. The van der Waals surface area contributed by atoms with Crippen molar-refractivity contribution in [2.45, 2.75) is 52.9 Å². The van der Waals surface area contributed by atoms with E-state index < -0.39 is 52.3 Å². The number of benzene rings is 1. The largest absolute Gasteiger partial charge is 0.478 e. The monoisotopic (exact) mass is 544 g/mol. The van der Waals surface area contributed by atoms with Crippen LogP contribution in [0.15, 0.2) is 82.6 Å². The van der Waals surface area contributed by atoms with Crippen molar-refractivity contribution in [2.75, 3.05) is 0 Å². The third kappa shape index (κ3) is 8.19. The second-order valence-electron chi connectivity index (χ2n) is 8.65. The van der Waals surface area contributed by atoms with Gasteiger partial charge in [0.1, 0.15) is 5.83 Å². The maximum absolute atomic E-state index is 14.1. The molecule has 206 valence electrons. The van der Waals surface area contributed by atoms with E-state index in [4.69, 9.17) is 0 Å². The first-order valence-electron chi connectivity index (χ1n) is 11.6. The van der Waals surface area contributed by atoms with E-state index in [1.807, 2.05) is 6.92 Å². The molecule has 0 saturated heterocycles. The third-order valence-corrected chi connectivity index (χ3v) is 5.65. The van der Waals surface area contributed by atoms with Crippen molar-refractivity contribution >= 4 is 11.7 Å². The Morgan fingerprint density at radius 2 is 1.68 bits per heavy atom. The Kier molecular flexibility index (Phi) is 9.88. The molecule has 0 aliphatic carbocycles. The average molecular weight is 545 g/mol. The maximum Gasteiger partial charge on any atom is 0.416 e. The SMILES string of the molecule is C\C=C(F)/C=C(C=C(C)CC)/C(=C\N1C=CCC(C)C(c2cc(C(F)(F)F)cc(C(F)(F)F)c2)=N1)C(=O)O. The van der Waals surface area contributed by atoms with Gasteiger partial charge in [-0.25, -0.2) is 14.2 Å². The van der Waals surface area contributed by atoms with Gasteiger partial charge >= 0.3 is 18.3 Å². The van der Waals surface area contributed by atoms with Gasteiger partial charge in [0.05, 0.1) is 22.4 Å². The van der Waals surface area contributed by atoms with Gasteiger partial charge in [-0.15, -0.1) is 0 Å². The fourth-order valence-corrected chi connectivity index (χ4v) is 3.44. The van der Waals surface area contributed by atoms with E-state index >= 15 is 0 Å². The molecule has 1 aliphatic heterocycles. The van der Waals surface area contributed by atoms with Gasteiger partial charge < -0.3 is 5.11 Å². The van der Waals surface area contributed by atoms with E-state index in [0.717, 1.165) is 28.9 Å². The molecule has 38 heavy (non-hydrogen) atoms. The molecule has 4 nitrogen and oxygen atoms in total. The van der Waals surface area contributed by atoms with Crippen LogP contribution in [0.1, 0.15) is 57.2 Å². The Hall–Kier alpha value is -3.63. The highest BCUT2D eigenvalue weighted by Gasteiger charge is 2.37. The molecular weight excluding hydrogens is 517 g/mol. The van der Waals surface area contributed by atoms with Gasteiger partial charge in [0.2, 0.25) is 0 Å². The normalized spacial score (nSPS) is 18.4. The quantitative estimate of drug-likeness (QED) is 0.213. The molecule has 1 unspecified atom stereocenters. The third-order valence-electron chi connectivity index (χ3n) is 5.65. The summed E-state index contributed by atoms with van der Waals surface area (Å²) in [5.74, 6) is -2.76. The predicted molar refractivity (Wildman–Crippen MR) is 130 cm³/mol. The Labute approximate surface area is 215 Å². The molecule has 1 atom stereocenters. The molecule has 1 N–H and O–H groups in total. The van der Waals surface area contributed by atoms with Crippen LogP contribution in [0, 0.1) is 5.92 Å². The summed E-state index contributed by atoms with van der Waals surface area (Å²) in [4.78, 5) is 12.1. The van der Waals surface area contributed by atoms with Crippen molar-refractivity contribution in [1.82, 2.24) is 5.01 Å². The van der Waals surface area contributed by atoms with Crippen LogP contribution in [0.5, 0.6) is 0 Å². The summed E-state index contributed by atoms with van der Waals surface area (Å²) in [6.45, 7) is 6.53. The molecule has 1 aromatic carbocycles. The van der Waals surface area contributed by atoms with Gasteiger partial charge in [-0.1, -0.05) is 37.6 Å². The molecule has 2 rings (SSSR count). The molecule has 0 spiro atoms. The number of allylic oxidation sites excluding steroid dienone is 6. The zero-order valence-electron chi connectivity index (χ0n) is 21.1. The zero-order valence-corrected chi connectivity index (χ0v) is 21.1. The number of aliphatic carboxylic acids is 1. The number of hydrogen-bond donors (Lipinski definition) is 1. The standard InChI is InChI=1S/C27H27F7N2O2/c1-5-16(3)10-18(13-22(28)6-2)23(25(37)38)15-36-9-7-8-17(4)24(35-36)19-11-20(26(29,30)31)14-21(12-19)27(32,33)34/h6-7,9-15,17H,5,8H2,1-4H3,(H,37,38)/b16-10?,18-13+,22-6+,23-15+. The van der Waals surface area contributed by atoms with Crippen LogP contribution in [0.4, 0.5) is 30.7 Å². The van der Waals surface area contributed by atoms with Crippen molar-refractivity contribution in [3.63, 3.8) is 0 Å². The minimum Gasteiger partial charge on any atom is -0.478 e. The van der Waals surface area contributed by atoms with Crippen LogP contribution in [-0.2, 0) is 17.1 Å². The van der Waals surface area contributed by atoms with E-state index in [2.05, 4.69) is 5.10 Å². The van der Waals surface area contributed by atoms with E-state index in [1.165, 1.54) is 19.2 Å². The summed E-state index contributed by atoms with van der Waals surface area (Å²) in [7, 11) is 0. The van der Waals surface area contributed by atoms with Crippen LogP contribution in [0.3, 0.4) is 0 Å². The second-order valence-corrected chi connectivity index (χ2v) is 8.65. The lowest BCUT2D eigenvalue weighted by atomic mass is 9.93. The lowest BCUT2D eigenvalue weighted by molar-refractivity contribution is -0.143. The summed E-state index contributed by atoms with van der Waals surface area (Å²) in [5.41, 5.74) is -3.16. The minimum atomic E-state index is -5.04. The number of carboxylic acids is 1. The predicted octanol–water partition coefficient (Wildman–Crippen LogP) is 8.41. The van der Waals surface area contributed by atoms with Crippen LogP contribution in [-0.4, -0.2) is 21.8 Å². The van der Waals surface area contributed by atoms with Crippen LogP contribution in [0.25, 0.3) is 0 Å². The Bertz CT molecular complexity index is 1200. The first-order valence-corrected chi connectivity index (χ1v) is 11.6. The summed E-state index contributed by atoms with van der Waals surface area (Å²) >= 11 is 0. The fourth-order valence-electron chi connectivity index (χ4n) is 3.44. The fraction of sp³-hybridized carbons (Fsp3) is 0.333. The number of carbonyl (C=O) groups is 1. The van der Waals surface area contributed by atoms with Crippen molar-refractivity contribution in [3.8, 4) is 0 Å². The van der Waals surface area contributed by atoms with Gasteiger partial charge in [-0.3, -0.25) is 0 Å². The van der Waals surface area contributed by atoms with Gasteiger partial charge in [-0.2, -0.15) is 31.4 Å². The lowest BCUT2D eigenvalue weighted by Crippen LogP contribution is -2.19. The number of alkyl halides is 6. The number of carboxylic acid groups (broad SMARTS) is 1. The van der Waals surface area contributed by atoms with Crippen molar-refractivity contribution in [2.24, 2.45) is 11.0 Å². The minimum absolute atomic E-state index is 0.00618. The smallest absolute Gasteiger partial charge is 0.416 e. The molecule has 0 amide bonds. The van der Waals surface area contributed by atoms with Gasteiger partial charge in [0.15, 0.2) is 0 Å². The highest BCUT2D eigenvalue weighted by Crippen LogP contribution is 2.37. The number of halogens is 7. The van der Waals surface area contributed by atoms with E-state index in [1.54, 1.807) is 19.9 Å². The van der Waals surface area contributed by atoms with Crippen LogP contribution >= 0.6 is 0 Å². The van der Waals surface area contributed by atoms with Crippen molar-refractivity contribution < 1.29 is 40.6 Å². The highest BCUT2D eigenvalue weighted by atomic mass is 19.4. The number of rotatable bonds is 7. The van der Waals surface area contributed by atoms with Gasteiger partial charge in [0.25, 0.3) is 0 Å². The topological polar surface area (TPSA) is 52.9 Å².